The van der Waals surface area contributed by atoms with Crippen LogP contribution < -0.4 is 5.32 Å². The number of aliphatic hydroxyl groups excluding tert-OH is 2. The van der Waals surface area contributed by atoms with Gasteiger partial charge in [0.05, 0.1) is 17.6 Å². The number of carbonyl (C=O) groups excluding carboxylic acids is 2. The van der Waals surface area contributed by atoms with Crippen LogP contribution in [-0.2, 0) is 20.7 Å². The number of aliphatic hydroxyl groups is 3. The summed E-state index contributed by atoms with van der Waals surface area (Å²) in [7, 11) is 0. The molecular weight excluding hydrogens is 446 g/mol. The summed E-state index contributed by atoms with van der Waals surface area (Å²) < 4.78 is 5.76. The molecule has 4 aliphatic rings. The van der Waals surface area contributed by atoms with Crippen molar-refractivity contribution < 1.29 is 29.6 Å². The summed E-state index contributed by atoms with van der Waals surface area (Å²) in [5.41, 5.74) is -0.444. The van der Waals surface area contributed by atoms with Gasteiger partial charge in [0.1, 0.15) is 17.8 Å². The average Bonchev–Trinajstić information content (AvgIpc) is 3.59. The van der Waals surface area contributed by atoms with Crippen molar-refractivity contribution in [1.82, 2.24) is 5.32 Å². The van der Waals surface area contributed by atoms with Crippen LogP contribution in [0.15, 0.2) is 53.6 Å². The first-order chi connectivity index (χ1) is 16.5. The molecule has 1 amide bonds. The Bertz CT molecular complexity index is 1090. The highest BCUT2D eigenvalue weighted by Crippen LogP contribution is 2.59. The average molecular weight is 482 g/mol. The number of ether oxygens (including phenoxy) is 1. The molecule has 0 aromatic heterocycles. The zero-order chi connectivity index (χ0) is 25.3. The lowest BCUT2D eigenvalue weighted by Crippen LogP contribution is -2.59. The van der Waals surface area contributed by atoms with Crippen molar-refractivity contribution in [1.29, 1.82) is 0 Å². The smallest absolute Gasteiger partial charge is 0.230 e. The van der Waals surface area contributed by atoms with E-state index in [1.54, 1.807) is 13.0 Å². The van der Waals surface area contributed by atoms with Crippen molar-refractivity contribution in [3.63, 3.8) is 0 Å². The van der Waals surface area contributed by atoms with Gasteiger partial charge in [0, 0.05) is 23.8 Å². The first-order valence-corrected chi connectivity index (χ1v) is 12.5. The fourth-order valence-electron chi connectivity index (χ4n) is 6.96. The van der Waals surface area contributed by atoms with Crippen LogP contribution in [0.5, 0.6) is 0 Å². The molecule has 2 aliphatic heterocycles. The van der Waals surface area contributed by atoms with Gasteiger partial charge in [0.2, 0.25) is 5.91 Å². The highest BCUT2D eigenvalue weighted by atomic mass is 16.6. The summed E-state index contributed by atoms with van der Waals surface area (Å²) in [6.07, 6.45) is 0.434. The van der Waals surface area contributed by atoms with Crippen molar-refractivity contribution >= 4 is 11.7 Å². The molecule has 4 N–H and O–H groups in total. The number of rotatable bonds is 2. The summed E-state index contributed by atoms with van der Waals surface area (Å²) in [4.78, 5) is 26.9. The number of hydrogen-bond acceptors (Lipinski definition) is 6. The van der Waals surface area contributed by atoms with E-state index in [1.165, 1.54) is 6.92 Å². The van der Waals surface area contributed by atoms with Gasteiger partial charge in [-0.05, 0) is 44.7 Å². The monoisotopic (exact) mass is 481 g/mol. The number of carbonyl (C=O) groups is 2. The molecule has 35 heavy (non-hydrogen) atoms. The van der Waals surface area contributed by atoms with E-state index in [1.807, 2.05) is 50.3 Å². The lowest BCUT2D eigenvalue weighted by atomic mass is 9.53. The zero-order valence-electron chi connectivity index (χ0n) is 20.6. The first kappa shape index (κ1) is 24.4. The van der Waals surface area contributed by atoms with Gasteiger partial charge in [-0.15, -0.1) is 0 Å². The lowest BCUT2D eigenvalue weighted by molar-refractivity contribution is -0.147. The van der Waals surface area contributed by atoms with Gasteiger partial charge in [-0.2, -0.15) is 0 Å². The molecule has 0 radical (unpaired) electrons. The Morgan fingerprint density at radius 1 is 1.11 bits per heavy atom. The fourth-order valence-corrected chi connectivity index (χ4v) is 6.96. The maximum Gasteiger partial charge on any atom is 0.230 e. The molecule has 10 atom stereocenters. The molecule has 7 nitrogen and oxygen atoms in total. The number of benzene rings is 1. The molecule has 1 spiro atoms. The highest BCUT2D eigenvalue weighted by Gasteiger charge is 2.72. The van der Waals surface area contributed by atoms with Crippen LogP contribution in [-0.4, -0.2) is 63.1 Å². The van der Waals surface area contributed by atoms with Crippen LogP contribution in [0.2, 0.25) is 0 Å². The number of fused-ring (bicyclic) bond motifs is 1. The van der Waals surface area contributed by atoms with Gasteiger partial charge < -0.3 is 25.4 Å². The van der Waals surface area contributed by atoms with Crippen molar-refractivity contribution in [2.24, 2.45) is 23.2 Å². The van der Waals surface area contributed by atoms with Gasteiger partial charge >= 0.3 is 0 Å². The summed E-state index contributed by atoms with van der Waals surface area (Å²) in [6.45, 7) is 6.98. The van der Waals surface area contributed by atoms with E-state index >= 15 is 0 Å². The third kappa shape index (κ3) is 3.47. The third-order valence-corrected chi connectivity index (χ3v) is 9.01. The van der Waals surface area contributed by atoms with E-state index in [0.717, 1.165) is 16.7 Å². The van der Waals surface area contributed by atoms with E-state index < -0.39 is 53.2 Å². The molecule has 2 aliphatic carbocycles. The Labute approximate surface area is 205 Å². The number of hydrogen-bond donors (Lipinski definition) is 4. The van der Waals surface area contributed by atoms with Crippen molar-refractivity contribution in [3.8, 4) is 0 Å². The normalized spacial score (nSPS) is 45.2. The van der Waals surface area contributed by atoms with Crippen LogP contribution in [0.1, 0.15) is 39.7 Å². The van der Waals surface area contributed by atoms with Crippen molar-refractivity contribution in [2.45, 2.75) is 76.6 Å². The minimum atomic E-state index is -1.78. The topological polar surface area (TPSA) is 119 Å². The molecule has 188 valence electrons. The second-order valence-electron chi connectivity index (χ2n) is 11.1. The molecule has 1 aromatic rings. The minimum absolute atomic E-state index is 0.290. The molecule has 2 saturated heterocycles. The van der Waals surface area contributed by atoms with E-state index in [-0.39, 0.29) is 17.7 Å². The Morgan fingerprint density at radius 2 is 1.80 bits per heavy atom. The fraction of sp³-hybridized carbons (Fsp3) is 0.571. The Morgan fingerprint density at radius 3 is 2.49 bits per heavy atom. The lowest BCUT2D eigenvalue weighted by Gasteiger charge is -2.49. The summed E-state index contributed by atoms with van der Waals surface area (Å²) >= 11 is 0. The summed E-state index contributed by atoms with van der Waals surface area (Å²) in [5.74, 6) is -2.27. The molecule has 10 unspecified atom stereocenters. The molecular formula is C28H35NO6. The van der Waals surface area contributed by atoms with Crippen LogP contribution in [0.25, 0.3) is 0 Å². The highest BCUT2D eigenvalue weighted by molar-refractivity contribution is 5.91. The zero-order valence-corrected chi connectivity index (χ0v) is 20.6. The predicted octanol–water partition coefficient (Wildman–Crippen LogP) is 1.70. The van der Waals surface area contributed by atoms with Gasteiger partial charge in [0.25, 0.3) is 0 Å². The Hall–Kier alpha value is -2.32. The molecule has 2 fully saturated rings. The van der Waals surface area contributed by atoms with Crippen LogP contribution in [0, 0.1) is 23.2 Å². The van der Waals surface area contributed by atoms with E-state index in [0.29, 0.717) is 12.8 Å². The number of Topliss-reactive ketones (excluding diaryl/α,β-unsaturated/α-hetero) is 1. The molecule has 7 heteroatoms. The quantitative estimate of drug-likeness (QED) is 0.377. The van der Waals surface area contributed by atoms with Gasteiger partial charge in [-0.3, -0.25) is 9.59 Å². The van der Waals surface area contributed by atoms with E-state index in [4.69, 9.17) is 4.74 Å². The SMILES string of the molecule is CC1=C(C)C2C(Cc3ccccc3)NC(=O)C23C(O)C2OC2C(C)(O)C(=O)C(C)CC=CC3C1O. The van der Waals surface area contributed by atoms with Crippen LogP contribution in [0.4, 0.5) is 0 Å². The number of amides is 1. The number of ketones is 1. The van der Waals surface area contributed by atoms with Crippen molar-refractivity contribution in [2.75, 3.05) is 0 Å². The maximum absolute atomic E-state index is 14.0. The van der Waals surface area contributed by atoms with Gasteiger partial charge in [0.15, 0.2) is 5.78 Å². The van der Waals surface area contributed by atoms with Crippen molar-refractivity contribution in [3.05, 3.63) is 59.2 Å². The van der Waals surface area contributed by atoms with Crippen LogP contribution in [0.3, 0.4) is 0 Å². The minimum Gasteiger partial charge on any atom is -0.389 e. The summed E-state index contributed by atoms with van der Waals surface area (Å²) in [5, 5.41) is 37.5. The van der Waals surface area contributed by atoms with Gasteiger partial charge in [-0.1, -0.05) is 55.0 Å². The Kier molecular flexibility index (Phi) is 5.83. The Balaban J connectivity index is 1.65. The van der Waals surface area contributed by atoms with E-state index in [9.17, 15) is 24.9 Å². The maximum atomic E-state index is 14.0. The molecule has 0 bridgehead atoms. The number of epoxide rings is 1. The number of nitrogens with one attached hydrogen (secondary N) is 1. The largest absolute Gasteiger partial charge is 0.389 e. The molecule has 5 rings (SSSR count). The first-order valence-electron chi connectivity index (χ1n) is 12.5. The second-order valence-corrected chi connectivity index (χ2v) is 11.1. The standard InChI is InChI=1S/C28H35NO6/c1-14-9-8-12-18-21(30)16(3)15(2)20-19(13-17-10-6-5-7-11-17)29-26(33)28(18,20)24(32)22-25(35-22)27(4,34)23(14)31/h5-8,10-12,14,18-22,24-25,30,32,34H,9,13H2,1-4H3,(H,29,33). The third-order valence-electron chi connectivity index (χ3n) is 9.01. The molecule has 1 aromatic carbocycles. The number of allylic oxidation sites excluding steroid dienone is 1. The second kappa shape index (κ2) is 8.37. The molecule has 2 heterocycles. The summed E-state index contributed by atoms with van der Waals surface area (Å²) in [6, 6.07) is 9.58. The molecule has 0 saturated carbocycles. The predicted molar refractivity (Wildman–Crippen MR) is 129 cm³/mol. The van der Waals surface area contributed by atoms with Crippen LogP contribution >= 0.6 is 0 Å². The van der Waals surface area contributed by atoms with E-state index in [2.05, 4.69) is 5.32 Å². The van der Waals surface area contributed by atoms with Gasteiger partial charge in [-0.25, -0.2) is 0 Å².